The van der Waals surface area contributed by atoms with Gasteiger partial charge in [0.2, 0.25) is 11.9 Å². The van der Waals surface area contributed by atoms with E-state index in [0.717, 1.165) is 6.42 Å². The minimum absolute atomic E-state index is 0.0460. The van der Waals surface area contributed by atoms with Gasteiger partial charge in [-0.1, -0.05) is 42.5 Å². The van der Waals surface area contributed by atoms with Crippen molar-refractivity contribution in [2.24, 2.45) is 5.92 Å². The average molecular weight is 334 g/mol. The molecule has 6 heteroatoms. The fourth-order valence-electron chi connectivity index (χ4n) is 3.01. The van der Waals surface area contributed by atoms with Gasteiger partial charge in [0.05, 0.1) is 0 Å². The first-order valence-electron chi connectivity index (χ1n) is 8.17. The van der Waals surface area contributed by atoms with E-state index >= 15 is 0 Å². The van der Waals surface area contributed by atoms with Crippen molar-refractivity contribution in [2.75, 3.05) is 12.4 Å². The lowest BCUT2D eigenvalue weighted by Crippen LogP contribution is -2.38. The molecule has 0 unspecified atom stereocenters. The molecular formula is C19H18N4O2. The predicted octanol–water partition coefficient (Wildman–Crippen LogP) is 3.44. The van der Waals surface area contributed by atoms with E-state index < -0.39 is 0 Å². The van der Waals surface area contributed by atoms with Crippen LogP contribution in [0.2, 0.25) is 0 Å². The highest BCUT2D eigenvalue weighted by atomic mass is 16.4. The summed E-state index contributed by atoms with van der Waals surface area (Å²) in [5, 5.41) is 10.9. The van der Waals surface area contributed by atoms with Crippen LogP contribution in [0.1, 0.15) is 17.9 Å². The van der Waals surface area contributed by atoms with E-state index in [0.29, 0.717) is 11.1 Å². The summed E-state index contributed by atoms with van der Waals surface area (Å²) in [6.07, 6.45) is 0.823. The van der Waals surface area contributed by atoms with Gasteiger partial charge in [0, 0.05) is 13.0 Å². The number of oxazole rings is 1. The number of nitrogens with one attached hydrogen (secondary N) is 2. The van der Waals surface area contributed by atoms with Crippen molar-refractivity contribution in [3.05, 3.63) is 60.2 Å². The van der Waals surface area contributed by atoms with E-state index in [2.05, 4.69) is 10.3 Å². The molecule has 1 aromatic heterocycles. The van der Waals surface area contributed by atoms with Crippen molar-refractivity contribution in [2.45, 2.75) is 12.3 Å². The van der Waals surface area contributed by atoms with Crippen LogP contribution in [-0.2, 0) is 4.79 Å². The first kappa shape index (κ1) is 15.4. The number of aromatic nitrogens is 1. The molecule has 4 rings (SSSR count). The van der Waals surface area contributed by atoms with Gasteiger partial charge in [0.25, 0.3) is 0 Å². The summed E-state index contributed by atoms with van der Waals surface area (Å²) < 4.78 is 5.53. The highest BCUT2D eigenvalue weighted by molar-refractivity contribution is 6.03. The van der Waals surface area contributed by atoms with Crippen molar-refractivity contribution in [1.29, 1.82) is 5.41 Å². The first-order chi connectivity index (χ1) is 12.1. The van der Waals surface area contributed by atoms with Crippen LogP contribution in [0, 0.1) is 11.3 Å². The topological polar surface area (TPSA) is 82.2 Å². The van der Waals surface area contributed by atoms with E-state index in [1.165, 1.54) is 10.5 Å². The molecule has 1 amide bonds. The van der Waals surface area contributed by atoms with Gasteiger partial charge in [-0.3, -0.25) is 20.4 Å². The largest absolute Gasteiger partial charge is 0.423 e. The maximum absolute atomic E-state index is 12.6. The lowest BCUT2D eigenvalue weighted by Gasteiger charge is -2.17. The number of fused-ring (bicyclic) bond motifs is 1. The van der Waals surface area contributed by atoms with Gasteiger partial charge in [-0.2, -0.15) is 4.98 Å². The molecule has 25 heavy (non-hydrogen) atoms. The number of rotatable bonds is 3. The summed E-state index contributed by atoms with van der Waals surface area (Å²) in [5.74, 6) is 0.0594. The number of anilines is 1. The van der Waals surface area contributed by atoms with Gasteiger partial charge in [-0.05, 0) is 30.0 Å². The molecule has 2 N–H and O–H groups in total. The maximum Gasteiger partial charge on any atom is 0.302 e. The number of carbonyl (C=O) groups excluding carboxylic acids is 1. The zero-order valence-electron chi connectivity index (χ0n) is 13.8. The number of hydrogen-bond acceptors (Lipinski definition) is 4. The Morgan fingerprint density at radius 2 is 1.92 bits per heavy atom. The number of para-hydroxylation sites is 2. The summed E-state index contributed by atoms with van der Waals surface area (Å²) in [4.78, 5) is 18.2. The van der Waals surface area contributed by atoms with E-state index in [1.807, 2.05) is 48.5 Å². The van der Waals surface area contributed by atoms with E-state index in [-0.39, 0.29) is 29.7 Å². The third-order valence-electron chi connectivity index (χ3n) is 4.52. The van der Waals surface area contributed by atoms with Crippen molar-refractivity contribution in [3.63, 3.8) is 0 Å². The van der Waals surface area contributed by atoms with Crippen LogP contribution in [0.25, 0.3) is 11.1 Å². The van der Waals surface area contributed by atoms with Crippen LogP contribution in [-0.4, -0.2) is 28.8 Å². The van der Waals surface area contributed by atoms with Gasteiger partial charge < -0.3 is 4.42 Å². The second-order valence-electron chi connectivity index (χ2n) is 6.22. The Balaban J connectivity index is 1.41. The quantitative estimate of drug-likeness (QED) is 0.568. The molecule has 0 radical (unpaired) electrons. The predicted molar refractivity (Wildman–Crippen MR) is 95.4 cm³/mol. The molecule has 1 aliphatic carbocycles. The Bertz CT molecular complexity index is 902. The van der Waals surface area contributed by atoms with Crippen LogP contribution in [0.3, 0.4) is 0 Å². The highest BCUT2D eigenvalue weighted by Gasteiger charge is 2.45. The molecule has 2 aromatic carbocycles. The number of nitrogens with zero attached hydrogens (tertiary/aromatic N) is 2. The van der Waals surface area contributed by atoms with Crippen LogP contribution < -0.4 is 5.32 Å². The molecule has 6 nitrogen and oxygen atoms in total. The van der Waals surface area contributed by atoms with Crippen molar-refractivity contribution >= 4 is 29.0 Å². The Labute approximate surface area is 145 Å². The standard InChI is InChI=1S/C19H18N4O2/c1-23(17(24)14-11-13(14)12-7-3-2-4-8-12)18(20)22-19-21-15-9-5-6-10-16(15)25-19/h2-10,13-14H,11H2,1H3,(H2,20,21,22)/t13-,14+/m1/s1. The number of hydrogen-bond donors (Lipinski definition) is 2. The third kappa shape index (κ3) is 2.98. The monoisotopic (exact) mass is 334 g/mol. The lowest BCUT2D eigenvalue weighted by molar-refractivity contribution is -0.127. The smallest absolute Gasteiger partial charge is 0.302 e. The summed E-state index contributed by atoms with van der Waals surface area (Å²) in [6.45, 7) is 0. The van der Waals surface area contributed by atoms with Crippen molar-refractivity contribution < 1.29 is 9.21 Å². The summed E-state index contributed by atoms with van der Waals surface area (Å²) in [5.41, 5.74) is 2.52. The summed E-state index contributed by atoms with van der Waals surface area (Å²) in [7, 11) is 1.60. The van der Waals surface area contributed by atoms with E-state index in [4.69, 9.17) is 9.83 Å². The molecule has 0 spiro atoms. The molecule has 1 fully saturated rings. The minimum atomic E-state index is -0.0711. The zero-order chi connectivity index (χ0) is 17.4. The van der Waals surface area contributed by atoms with Gasteiger partial charge in [-0.25, -0.2) is 0 Å². The highest BCUT2D eigenvalue weighted by Crippen LogP contribution is 2.48. The van der Waals surface area contributed by atoms with Gasteiger partial charge in [0.15, 0.2) is 5.58 Å². The Morgan fingerprint density at radius 1 is 1.20 bits per heavy atom. The first-order valence-corrected chi connectivity index (χ1v) is 8.17. The number of benzene rings is 2. The third-order valence-corrected chi connectivity index (χ3v) is 4.52. The molecule has 0 bridgehead atoms. The molecule has 1 aliphatic rings. The Hall–Kier alpha value is -3.15. The summed E-state index contributed by atoms with van der Waals surface area (Å²) >= 11 is 0. The molecule has 3 aromatic rings. The van der Waals surface area contributed by atoms with Gasteiger partial charge >= 0.3 is 6.01 Å². The number of amides is 1. The van der Waals surface area contributed by atoms with Crippen LogP contribution in [0.15, 0.2) is 59.0 Å². The van der Waals surface area contributed by atoms with Crippen LogP contribution in [0.4, 0.5) is 6.01 Å². The second kappa shape index (κ2) is 6.05. The van der Waals surface area contributed by atoms with Crippen LogP contribution >= 0.6 is 0 Å². The van der Waals surface area contributed by atoms with E-state index in [1.54, 1.807) is 13.1 Å². The Kier molecular flexibility index (Phi) is 3.72. The second-order valence-corrected chi connectivity index (χ2v) is 6.22. The average Bonchev–Trinajstić information content (AvgIpc) is 3.34. The normalized spacial score (nSPS) is 18.8. The van der Waals surface area contributed by atoms with E-state index in [9.17, 15) is 4.79 Å². The van der Waals surface area contributed by atoms with Crippen LogP contribution in [0.5, 0.6) is 0 Å². The molecule has 126 valence electrons. The molecule has 0 saturated heterocycles. The Morgan fingerprint density at radius 3 is 2.68 bits per heavy atom. The molecule has 1 saturated carbocycles. The maximum atomic E-state index is 12.6. The summed E-state index contributed by atoms with van der Waals surface area (Å²) in [6, 6.07) is 17.6. The number of guanidine groups is 1. The molecular weight excluding hydrogens is 316 g/mol. The zero-order valence-corrected chi connectivity index (χ0v) is 13.8. The fraction of sp³-hybridized carbons (Fsp3) is 0.211. The molecule has 0 aliphatic heterocycles. The fourth-order valence-corrected chi connectivity index (χ4v) is 3.01. The van der Waals surface area contributed by atoms with Gasteiger partial charge in [-0.15, -0.1) is 0 Å². The minimum Gasteiger partial charge on any atom is -0.423 e. The SMILES string of the molecule is CN(C(=N)Nc1nc2ccccc2o1)C(=O)[C@H]1C[C@@H]1c1ccccc1. The van der Waals surface area contributed by atoms with Crippen molar-refractivity contribution in [1.82, 2.24) is 9.88 Å². The molecule has 1 heterocycles. The molecule has 2 atom stereocenters. The number of carbonyl (C=O) groups is 1. The lowest BCUT2D eigenvalue weighted by atomic mass is 10.1. The van der Waals surface area contributed by atoms with Gasteiger partial charge in [0.1, 0.15) is 5.52 Å². The van der Waals surface area contributed by atoms with Crippen molar-refractivity contribution in [3.8, 4) is 0 Å².